The maximum atomic E-state index is 11.3. The van der Waals surface area contributed by atoms with E-state index in [1.807, 2.05) is 23.6 Å². The molecule has 1 heterocycles. The maximum absolute atomic E-state index is 11.3. The van der Waals surface area contributed by atoms with Crippen molar-refractivity contribution in [3.8, 4) is 0 Å². The summed E-state index contributed by atoms with van der Waals surface area (Å²) in [5.74, 6) is -0.0309. The lowest BCUT2D eigenvalue weighted by molar-refractivity contribution is 0.0962. The molecule has 0 saturated heterocycles. The molecule has 0 bridgehead atoms. The predicted octanol–water partition coefficient (Wildman–Crippen LogP) is 0.993. The first-order valence-electron chi connectivity index (χ1n) is 4.01. The zero-order valence-electron chi connectivity index (χ0n) is 7.19. The number of hydrogen-bond donors (Lipinski definition) is 2. The molecule has 0 aliphatic heterocycles. The van der Waals surface area contributed by atoms with Crippen LogP contribution in [0.5, 0.6) is 0 Å². The molecule has 0 aliphatic rings. The molecule has 1 aromatic rings. The molecule has 0 aromatic carbocycles. The first-order chi connectivity index (χ1) is 6.34. The van der Waals surface area contributed by atoms with E-state index in [1.165, 1.54) is 11.3 Å². The lowest BCUT2D eigenvalue weighted by Gasteiger charge is -1.97. The third-order valence-electron chi connectivity index (χ3n) is 1.43. The Hall–Kier alpha value is -1.13. The molecule has 70 valence electrons. The summed E-state index contributed by atoms with van der Waals surface area (Å²) in [6, 6.07) is 3.65. The molecule has 0 radical (unpaired) electrons. The molecule has 0 unspecified atom stereocenters. The molecule has 3 N–H and O–H groups in total. The van der Waals surface area contributed by atoms with Crippen LogP contribution in [0.1, 0.15) is 9.67 Å². The van der Waals surface area contributed by atoms with E-state index in [-0.39, 0.29) is 5.91 Å². The van der Waals surface area contributed by atoms with Crippen molar-refractivity contribution in [2.75, 3.05) is 13.1 Å². The lowest BCUT2D eigenvalue weighted by Crippen LogP contribution is -2.22. The summed E-state index contributed by atoms with van der Waals surface area (Å²) >= 11 is 1.43. The number of nitrogens with one attached hydrogen (secondary N) is 1. The van der Waals surface area contributed by atoms with Gasteiger partial charge in [-0.15, -0.1) is 11.3 Å². The Morgan fingerprint density at radius 1 is 1.62 bits per heavy atom. The quantitative estimate of drug-likeness (QED) is 0.706. The second-order valence-electron chi connectivity index (χ2n) is 2.39. The Bertz CT molecular complexity index is 280. The Morgan fingerprint density at radius 3 is 3.08 bits per heavy atom. The van der Waals surface area contributed by atoms with Gasteiger partial charge in [-0.05, 0) is 11.4 Å². The highest BCUT2D eigenvalue weighted by Gasteiger charge is 2.02. The highest BCUT2D eigenvalue weighted by molar-refractivity contribution is 7.12. The lowest BCUT2D eigenvalue weighted by atomic mass is 10.4. The van der Waals surface area contributed by atoms with Gasteiger partial charge in [0.2, 0.25) is 0 Å². The minimum atomic E-state index is -0.0309. The van der Waals surface area contributed by atoms with Crippen molar-refractivity contribution >= 4 is 17.2 Å². The fourth-order valence-electron chi connectivity index (χ4n) is 0.826. The summed E-state index contributed by atoms with van der Waals surface area (Å²) in [7, 11) is 0. The van der Waals surface area contributed by atoms with Gasteiger partial charge in [0.25, 0.3) is 5.91 Å². The molecule has 1 rings (SSSR count). The number of thiophene rings is 1. The van der Waals surface area contributed by atoms with Gasteiger partial charge < -0.3 is 11.1 Å². The molecule has 13 heavy (non-hydrogen) atoms. The van der Waals surface area contributed by atoms with Crippen LogP contribution in [0.15, 0.2) is 29.7 Å². The average Bonchev–Trinajstić information content (AvgIpc) is 2.65. The first kappa shape index (κ1) is 9.95. The highest BCUT2D eigenvalue weighted by atomic mass is 32.1. The maximum Gasteiger partial charge on any atom is 0.261 e. The fourth-order valence-corrected chi connectivity index (χ4v) is 1.47. The van der Waals surface area contributed by atoms with Gasteiger partial charge in [0.05, 0.1) is 4.88 Å². The minimum absolute atomic E-state index is 0.0309. The van der Waals surface area contributed by atoms with E-state index in [1.54, 1.807) is 6.07 Å². The van der Waals surface area contributed by atoms with Gasteiger partial charge in [-0.25, -0.2) is 0 Å². The van der Waals surface area contributed by atoms with Crippen LogP contribution < -0.4 is 11.1 Å². The van der Waals surface area contributed by atoms with E-state index in [0.29, 0.717) is 13.1 Å². The third-order valence-corrected chi connectivity index (χ3v) is 2.30. The van der Waals surface area contributed by atoms with Crippen LogP contribution in [-0.2, 0) is 0 Å². The van der Waals surface area contributed by atoms with Crippen LogP contribution in [0.3, 0.4) is 0 Å². The van der Waals surface area contributed by atoms with Gasteiger partial charge in [-0.1, -0.05) is 18.2 Å². The molecular formula is C9H12N2OS. The molecule has 0 aliphatic carbocycles. The van der Waals surface area contributed by atoms with Crippen molar-refractivity contribution in [2.24, 2.45) is 5.73 Å². The molecule has 0 atom stereocenters. The van der Waals surface area contributed by atoms with Crippen LogP contribution in [-0.4, -0.2) is 19.0 Å². The standard InChI is InChI=1S/C9H12N2OS/c10-5-1-2-6-11-9(12)8-4-3-7-13-8/h1-4,7H,5-6,10H2,(H,11,12)/b2-1+. The Balaban J connectivity index is 2.31. The summed E-state index contributed by atoms with van der Waals surface area (Å²) in [6.07, 6.45) is 3.65. The number of hydrogen-bond acceptors (Lipinski definition) is 3. The van der Waals surface area contributed by atoms with Crippen molar-refractivity contribution < 1.29 is 4.79 Å². The van der Waals surface area contributed by atoms with E-state index >= 15 is 0 Å². The van der Waals surface area contributed by atoms with Crippen LogP contribution in [0.2, 0.25) is 0 Å². The van der Waals surface area contributed by atoms with Gasteiger partial charge in [-0.3, -0.25) is 4.79 Å². The van der Waals surface area contributed by atoms with Gasteiger partial charge in [0, 0.05) is 13.1 Å². The summed E-state index contributed by atoms with van der Waals surface area (Å²) in [4.78, 5) is 12.0. The number of nitrogens with two attached hydrogens (primary N) is 1. The predicted molar refractivity (Wildman–Crippen MR) is 54.8 cm³/mol. The van der Waals surface area contributed by atoms with E-state index in [9.17, 15) is 4.79 Å². The topological polar surface area (TPSA) is 55.1 Å². The van der Waals surface area contributed by atoms with Crippen molar-refractivity contribution in [3.05, 3.63) is 34.5 Å². The molecule has 0 fully saturated rings. The van der Waals surface area contributed by atoms with Crippen molar-refractivity contribution in [3.63, 3.8) is 0 Å². The van der Waals surface area contributed by atoms with Crippen molar-refractivity contribution in [1.82, 2.24) is 5.32 Å². The first-order valence-corrected chi connectivity index (χ1v) is 4.89. The molecule has 1 amide bonds. The number of carbonyl (C=O) groups excluding carboxylic acids is 1. The zero-order chi connectivity index (χ0) is 9.52. The highest BCUT2D eigenvalue weighted by Crippen LogP contribution is 2.07. The fraction of sp³-hybridized carbons (Fsp3) is 0.222. The third kappa shape index (κ3) is 3.40. The molecule has 0 spiro atoms. The number of amides is 1. The Morgan fingerprint density at radius 2 is 2.46 bits per heavy atom. The molecule has 3 nitrogen and oxygen atoms in total. The second kappa shape index (κ2) is 5.50. The van der Waals surface area contributed by atoms with E-state index in [4.69, 9.17) is 5.73 Å². The van der Waals surface area contributed by atoms with Gasteiger partial charge >= 0.3 is 0 Å². The summed E-state index contributed by atoms with van der Waals surface area (Å²) in [6.45, 7) is 1.04. The van der Waals surface area contributed by atoms with E-state index in [0.717, 1.165) is 4.88 Å². The van der Waals surface area contributed by atoms with Gasteiger partial charge in [0.1, 0.15) is 0 Å². The Kier molecular flexibility index (Phi) is 4.21. The number of carbonyl (C=O) groups is 1. The molecular weight excluding hydrogens is 184 g/mol. The van der Waals surface area contributed by atoms with Gasteiger partial charge in [0.15, 0.2) is 0 Å². The SMILES string of the molecule is NC/C=C/CNC(=O)c1cccs1. The van der Waals surface area contributed by atoms with Crippen LogP contribution >= 0.6 is 11.3 Å². The number of rotatable bonds is 4. The summed E-state index contributed by atoms with van der Waals surface area (Å²) in [5.41, 5.74) is 5.24. The second-order valence-corrected chi connectivity index (χ2v) is 3.34. The van der Waals surface area contributed by atoms with Crippen molar-refractivity contribution in [1.29, 1.82) is 0 Å². The minimum Gasteiger partial charge on any atom is -0.348 e. The average molecular weight is 196 g/mol. The van der Waals surface area contributed by atoms with E-state index in [2.05, 4.69) is 5.32 Å². The molecule has 1 aromatic heterocycles. The van der Waals surface area contributed by atoms with Crippen LogP contribution in [0.25, 0.3) is 0 Å². The summed E-state index contributed by atoms with van der Waals surface area (Å²) < 4.78 is 0. The van der Waals surface area contributed by atoms with Crippen LogP contribution in [0, 0.1) is 0 Å². The van der Waals surface area contributed by atoms with Crippen LogP contribution in [0.4, 0.5) is 0 Å². The van der Waals surface area contributed by atoms with Crippen molar-refractivity contribution in [2.45, 2.75) is 0 Å². The monoisotopic (exact) mass is 196 g/mol. The molecule has 0 saturated carbocycles. The largest absolute Gasteiger partial charge is 0.348 e. The summed E-state index contributed by atoms with van der Waals surface area (Å²) in [5, 5.41) is 4.63. The van der Waals surface area contributed by atoms with E-state index < -0.39 is 0 Å². The smallest absolute Gasteiger partial charge is 0.261 e. The Labute approximate surface area is 81.3 Å². The zero-order valence-corrected chi connectivity index (χ0v) is 8.01. The molecule has 4 heteroatoms. The van der Waals surface area contributed by atoms with Gasteiger partial charge in [-0.2, -0.15) is 0 Å². The normalized spacial score (nSPS) is 10.5.